The van der Waals surface area contributed by atoms with Gasteiger partial charge in [-0.3, -0.25) is 0 Å². The van der Waals surface area contributed by atoms with Crippen LogP contribution in [0.4, 0.5) is 13.2 Å². The highest BCUT2D eigenvalue weighted by molar-refractivity contribution is 8.78. The van der Waals surface area contributed by atoms with Gasteiger partial charge in [-0.15, -0.1) is 0 Å². The molecule has 1 saturated heterocycles. The fourth-order valence-electron chi connectivity index (χ4n) is 2.78. The second-order valence-electron chi connectivity index (χ2n) is 6.78. The van der Waals surface area contributed by atoms with Gasteiger partial charge in [0.2, 0.25) is 0 Å². The molecule has 0 N–H and O–H groups in total. The van der Waals surface area contributed by atoms with Gasteiger partial charge in [0.25, 0.3) is 8.53 Å². The summed E-state index contributed by atoms with van der Waals surface area (Å²) >= 11 is 0. The molecule has 0 bridgehead atoms. The number of nitrogens with zero attached hydrogens (tertiary/aromatic N) is 2. The molecule has 2 fully saturated rings. The van der Waals surface area contributed by atoms with E-state index in [0.29, 0.717) is 0 Å². The van der Waals surface area contributed by atoms with Crippen molar-refractivity contribution in [3.05, 3.63) is 0 Å². The van der Waals surface area contributed by atoms with E-state index >= 15 is 0 Å². The first kappa shape index (κ1) is 21.6. The lowest BCUT2D eigenvalue weighted by atomic mass is 10.1. The molecule has 1 saturated carbocycles. The van der Waals surface area contributed by atoms with Crippen LogP contribution in [0.25, 0.3) is 0 Å². The van der Waals surface area contributed by atoms with Gasteiger partial charge in [0.1, 0.15) is 11.4 Å². The lowest BCUT2D eigenvalue weighted by molar-refractivity contribution is -0.144. The van der Waals surface area contributed by atoms with E-state index in [4.69, 9.17) is 14.3 Å². The van der Waals surface area contributed by atoms with Crippen molar-refractivity contribution in [2.45, 2.75) is 81.3 Å². The van der Waals surface area contributed by atoms with Crippen molar-refractivity contribution in [1.82, 2.24) is 4.67 Å². The molecule has 1 aliphatic carbocycles. The highest BCUT2D eigenvalue weighted by Gasteiger charge is 2.66. The molecule has 0 radical (unpaired) electrons. The van der Waals surface area contributed by atoms with Crippen LogP contribution in [0.1, 0.15) is 47.0 Å². The van der Waals surface area contributed by atoms with Crippen LogP contribution in [0, 0.1) is 11.3 Å². The van der Waals surface area contributed by atoms with Gasteiger partial charge in [-0.25, -0.2) is 4.67 Å². The van der Waals surface area contributed by atoms with Crippen LogP contribution in [-0.4, -0.2) is 45.6 Å². The van der Waals surface area contributed by atoms with Crippen LogP contribution in [0.3, 0.4) is 0 Å². The van der Waals surface area contributed by atoms with Crippen molar-refractivity contribution in [2.24, 2.45) is 0 Å². The molecular weight excluding hydrogens is 392 g/mol. The second-order valence-corrected chi connectivity index (χ2v) is 10.9. The van der Waals surface area contributed by atoms with E-state index in [9.17, 15) is 13.2 Å². The van der Waals surface area contributed by atoms with E-state index in [-0.39, 0.29) is 25.1 Å². The van der Waals surface area contributed by atoms with Gasteiger partial charge in [0.15, 0.2) is 0 Å². The van der Waals surface area contributed by atoms with Gasteiger partial charge in [0, 0.05) is 12.1 Å². The van der Waals surface area contributed by atoms with Gasteiger partial charge >= 0.3 is 6.18 Å². The van der Waals surface area contributed by atoms with E-state index in [0.717, 1.165) is 23.6 Å². The third kappa shape index (κ3) is 5.18. The van der Waals surface area contributed by atoms with Gasteiger partial charge in [-0.2, -0.15) is 18.4 Å². The number of alkyl halides is 3. The number of rotatable bonds is 8. The third-order valence-corrected chi connectivity index (χ3v) is 9.85. The summed E-state index contributed by atoms with van der Waals surface area (Å²) in [5.41, 5.74) is 0. The van der Waals surface area contributed by atoms with Crippen molar-refractivity contribution >= 4 is 30.1 Å². The van der Waals surface area contributed by atoms with Crippen LogP contribution < -0.4 is 0 Å². The summed E-state index contributed by atoms with van der Waals surface area (Å²) in [6, 6.07) is 2.13. The predicted molar refractivity (Wildman–Crippen MR) is 97.1 cm³/mol. The van der Waals surface area contributed by atoms with Crippen molar-refractivity contribution in [3.63, 3.8) is 0 Å². The number of hydrogen-bond donors (Lipinski definition) is 0. The molecule has 2 unspecified atom stereocenters. The van der Waals surface area contributed by atoms with Gasteiger partial charge < -0.3 is 9.05 Å². The fraction of sp³-hybridized carbons (Fsp3) is 0.933. The molecule has 1 heterocycles. The SMILES string of the molecule is CC(C)N(C(C)C)P(OCCC#N)OC1[C@H](C(F)(F)F)SSC12CC2. The summed E-state index contributed by atoms with van der Waals surface area (Å²) in [7, 11) is 0.522. The summed E-state index contributed by atoms with van der Waals surface area (Å²) in [5, 5.41) is 7.19. The third-order valence-electron chi connectivity index (χ3n) is 4.04. The maximum atomic E-state index is 13.5. The summed E-state index contributed by atoms with van der Waals surface area (Å²) in [6.07, 6.45) is -3.54. The maximum absolute atomic E-state index is 13.5. The highest BCUT2D eigenvalue weighted by Crippen LogP contribution is 2.69. The zero-order chi connectivity index (χ0) is 18.8. The average molecular weight is 416 g/mol. The van der Waals surface area contributed by atoms with Gasteiger partial charge in [-0.05, 0) is 40.5 Å². The lowest BCUT2D eigenvalue weighted by Gasteiger charge is -2.38. The lowest BCUT2D eigenvalue weighted by Crippen LogP contribution is -2.43. The zero-order valence-electron chi connectivity index (χ0n) is 14.7. The van der Waals surface area contributed by atoms with Crippen molar-refractivity contribution in [1.29, 1.82) is 5.26 Å². The molecule has 2 rings (SSSR count). The molecule has 144 valence electrons. The molecule has 0 aromatic carbocycles. The summed E-state index contributed by atoms with van der Waals surface area (Å²) in [5.74, 6) is 0. The van der Waals surface area contributed by atoms with Crippen LogP contribution >= 0.6 is 30.1 Å². The topological polar surface area (TPSA) is 45.5 Å². The monoisotopic (exact) mass is 416 g/mol. The van der Waals surface area contributed by atoms with Crippen LogP contribution in [0.5, 0.6) is 0 Å². The molecule has 1 spiro atoms. The zero-order valence-corrected chi connectivity index (χ0v) is 17.3. The molecule has 10 heteroatoms. The molecule has 1 aliphatic heterocycles. The van der Waals surface area contributed by atoms with E-state index in [1.54, 1.807) is 0 Å². The molecule has 0 aromatic heterocycles. The standard InChI is InChI=1S/C15H24F3N2O2PS2/c1-10(2)20(11(3)4)23(21-9-5-8-19)22-12-13(15(16,17)18)24-25-14(12)6-7-14/h10-13H,5-7,9H2,1-4H3/t12?,13-,23?/m1/s1. The van der Waals surface area contributed by atoms with Crippen LogP contribution in [0.15, 0.2) is 0 Å². The maximum Gasteiger partial charge on any atom is 0.403 e. The first-order valence-corrected chi connectivity index (χ1v) is 11.6. The Hall–Kier alpha value is 0.290. The Kier molecular flexibility index (Phi) is 7.37. The Morgan fingerprint density at radius 2 is 1.88 bits per heavy atom. The quantitative estimate of drug-likeness (QED) is 0.296. The number of hydrogen-bond acceptors (Lipinski definition) is 6. The largest absolute Gasteiger partial charge is 0.403 e. The number of nitriles is 1. The smallest absolute Gasteiger partial charge is 0.321 e. The summed E-state index contributed by atoms with van der Waals surface area (Å²) < 4.78 is 53.7. The van der Waals surface area contributed by atoms with Crippen molar-refractivity contribution in [2.75, 3.05) is 6.61 Å². The van der Waals surface area contributed by atoms with Crippen LogP contribution in [-0.2, 0) is 9.05 Å². The van der Waals surface area contributed by atoms with E-state index < -0.39 is 30.8 Å². The minimum atomic E-state index is -4.30. The Labute approximate surface area is 156 Å². The summed E-state index contributed by atoms with van der Waals surface area (Å²) in [4.78, 5) is 0. The van der Waals surface area contributed by atoms with Crippen molar-refractivity contribution < 1.29 is 22.2 Å². The molecular formula is C15H24F3N2O2PS2. The first-order chi connectivity index (χ1) is 11.6. The van der Waals surface area contributed by atoms with Crippen LogP contribution in [0.2, 0.25) is 0 Å². The Balaban J connectivity index is 2.20. The molecule has 0 amide bonds. The fourth-order valence-corrected chi connectivity index (χ4v) is 8.51. The first-order valence-electron chi connectivity index (χ1n) is 8.28. The van der Waals surface area contributed by atoms with E-state index in [1.165, 1.54) is 10.8 Å². The predicted octanol–water partition coefficient (Wildman–Crippen LogP) is 5.51. The Morgan fingerprint density at radius 3 is 2.32 bits per heavy atom. The van der Waals surface area contributed by atoms with Crippen molar-refractivity contribution in [3.8, 4) is 6.07 Å². The molecule has 2 aliphatic rings. The van der Waals surface area contributed by atoms with Gasteiger partial charge in [0.05, 0.1) is 23.8 Å². The Bertz CT molecular complexity index is 490. The van der Waals surface area contributed by atoms with Gasteiger partial charge in [-0.1, -0.05) is 21.6 Å². The van der Waals surface area contributed by atoms with E-state index in [1.807, 2.05) is 38.4 Å². The minimum Gasteiger partial charge on any atom is -0.321 e. The number of halogens is 3. The molecule has 4 nitrogen and oxygen atoms in total. The minimum absolute atomic E-state index is 0.0643. The van der Waals surface area contributed by atoms with E-state index in [2.05, 4.69) is 0 Å². The average Bonchev–Trinajstić information content (AvgIpc) is 3.15. The molecule has 25 heavy (non-hydrogen) atoms. The normalized spacial score (nSPS) is 26.6. The highest BCUT2D eigenvalue weighted by atomic mass is 33.1. The molecule has 0 aromatic rings. The second kappa shape index (κ2) is 8.53. The summed E-state index contributed by atoms with van der Waals surface area (Å²) in [6.45, 7) is 8.04. The Morgan fingerprint density at radius 1 is 1.28 bits per heavy atom. The molecule has 3 atom stereocenters.